The summed E-state index contributed by atoms with van der Waals surface area (Å²) in [5.74, 6) is 0. The highest BCUT2D eigenvalue weighted by molar-refractivity contribution is 5.26. The van der Waals surface area contributed by atoms with Gasteiger partial charge >= 0.3 is 0 Å². The fourth-order valence-corrected chi connectivity index (χ4v) is 2.58. The smallest absolute Gasteiger partial charge is 0.108 e. The van der Waals surface area contributed by atoms with Gasteiger partial charge in [0.15, 0.2) is 0 Å². The minimum atomic E-state index is 0.216. The molecule has 0 saturated carbocycles. The SMILES string of the molecule is CCOCc1cn([C@H]2CCCc3cccnc32)nn1. The van der Waals surface area contributed by atoms with Crippen molar-refractivity contribution in [3.8, 4) is 0 Å². The van der Waals surface area contributed by atoms with E-state index in [1.165, 1.54) is 12.0 Å². The normalized spacial score (nSPS) is 18.3. The van der Waals surface area contributed by atoms with Crippen LogP contribution in [0.5, 0.6) is 0 Å². The topological polar surface area (TPSA) is 52.8 Å². The van der Waals surface area contributed by atoms with Crippen molar-refractivity contribution in [2.45, 2.75) is 38.8 Å². The fourth-order valence-electron chi connectivity index (χ4n) is 2.58. The van der Waals surface area contributed by atoms with Gasteiger partial charge in [-0.1, -0.05) is 11.3 Å². The number of nitrogens with zero attached hydrogens (tertiary/aromatic N) is 4. The van der Waals surface area contributed by atoms with E-state index in [9.17, 15) is 0 Å². The molecule has 0 bridgehead atoms. The Kier molecular flexibility index (Phi) is 3.55. The fraction of sp³-hybridized carbons (Fsp3) is 0.500. The van der Waals surface area contributed by atoms with Gasteiger partial charge in [0.1, 0.15) is 5.69 Å². The van der Waals surface area contributed by atoms with Gasteiger partial charge in [-0.05, 0) is 37.8 Å². The summed E-state index contributed by atoms with van der Waals surface area (Å²) in [5.41, 5.74) is 3.35. The van der Waals surface area contributed by atoms with Crippen LogP contribution in [0.3, 0.4) is 0 Å². The van der Waals surface area contributed by atoms with Gasteiger partial charge in [-0.15, -0.1) is 5.10 Å². The lowest BCUT2D eigenvalue weighted by atomic mass is 9.92. The first-order chi connectivity index (χ1) is 9.38. The first-order valence-corrected chi connectivity index (χ1v) is 6.80. The summed E-state index contributed by atoms with van der Waals surface area (Å²) in [5, 5.41) is 8.40. The minimum absolute atomic E-state index is 0.216. The molecule has 0 spiro atoms. The number of aryl methyl sites for hydroxylation is 1. The third-order valence-electron chi connectivity index (χ3n) is 3.50. The molecule has 0 unspecified atom stereocenters. The quantitative estimate of drug-likeness (QED) is 0.843. The Labute approximate surface area is 112 Å². The minimum Gasteiger partial charge on any atom is -0.375 e. The van der Waals surface area contributed by atoms with Gasteiger partial charge in [0.2, 0.25) is 0 Å². The summed E-state index contributed by atoms with van der Waals surface area (Å²) in [7, 11) is 0. The van der Waals surface area contributed by atoms with E-state index in [0.29, 0.717) is 13.2 Å². The van der Waals surface area contributed by atoms with E-state index in [-0.39, 0.29) is 6.04 Å². The molecule has 19 heavy (non-hydrogen) atoms. The van der Waals surface area contributed by atoms with E-state index in [4.69, 9.17) is 4.74 Å². The Morgan fingerprint density at radius 2 is 2.42 bits per heavy atom. The first kappa shape index (κ1) is 12.3. The second-order valence-corrected chi connectivity index (χ2v) is 4.78. The van der Waals surface area contributed by atoms with Crippen molar-refractivity contribution in [3.63, 3.8) is 0 Å². The van der Waals surface area contributed by atoms with E-state index >= 15 is 0 Å². The van der Waals surface area contributed by atoms with Crippen LogP contribution in [0.4, 0.5) is 0 Å². The number of hydrogen-bond donors (Lipinski definition) is 0. The second kappa shape index (κ2) is 5.48. The summed E-state index contributed by atoms with van der Waals surface area (Å²) in [4.78, 5) is 4.53. The summed E-state index contributed by atoms with van der Waals surface area (Å²) in [6.45, 7) is 3.20. The Balaban J connectivity index is 1.85. The van der Waals surface area contributed by atoms with Gasteiger partial charge in [-0.3, -0.25) is 4.98 Å². The third-order valence-corrected chi connectivity index (χ3v) is 3.50. The molecule has 0 saturated heterocycles. The van der Waals surface area contributed by atoms with E-state index in [0.717, 1.165) is 24.2 Å². The maximum absolute atomic E-state index is 5.36. The lowest BCUT2D eigenvalue weighted by Crippen LogP contribution is -2.19. The Morgan fingerprint density at radius 1 is 1.47 bits per heavy atom. The molecule has 1 aliphatic carbocycles. The van der Waals surface area contributed by atoms with Gasteiger partial charge in [-0.2, -0.15) is 0 Å². The van der Waals surface area contributed by atoms with Crippen LogP contribution < -0.4 is 0 Å². The third kappa shape index (κ3) is 2.51. The molecule has 0 aliphatic heterocycles. The summed E-state index contributed by atoms with van der Waals surface area (Å²) in [6, 6.07) is 4.38. The molecule has 2 heterocycles. The number of ether oxygens (including phenoxy) is 1. The molecule has 0 radical (unpaired) electrons. The molecular formula is C14H18N4O. The Morgan fingerprint density at radius 3 is 3.32 bits per heavy atom. The zero-order chi connectivity index (χ0) is 13.1. The van der Waals surface area contributed by atoms with Gasteiger partial charge in [0.25, 0.3) is 0 Å². The zero-order valence-electron chi connectivity index (χ0n) is 11.1. The van der Waals surface area contributed by atoms with E-state index < -0.39 is 0 Å². The van der Waals surface area contributed by atoms with Crippen LogP contribution in [0.15, 0.2) is 24.5 Å². The van der Waals surface area contributed by atoms with Crippen LogP contribution in [0, 0.1) is 0 Å². The van der Waals surface area contributed by atoms with E-state index in [2.05, 4.69) is 21.4 Å². The average molecular weight is 258 g/mol. The predicted molar refractivity (Wildman–Crippen MR) is 70.7 cm³/mol. The lowest BCUT2D eigenvalue weighted by Gasteiger charge is -2.23. The molecular weight excluding hydrogens is 240 g/mol. The van der Waals surface area contributed by atoms with Crippen molar-refractivity contribution in [3.05, 3.63) is 41.5 Å². The largest absolute Gasteiger partial charge is 0.375 e. The number of rotatable bonds is 4. The first-order valence-electron chi connectivity index (χ1n) is 6.80. The molecule has 1 aliphatic rings. The highest BCUT2D eigenvalue weighted by Crippen LogP contribution is 2.30. The molecule has 5 nitrogen and oxygen atoms in total. The van der Waals surface area contributed by atoms with Gasteiger partial charge in [-0.25, -0.2) is 4.68 Å². The van der Waals surface area contributed by atoms with Gasteiger partial charge in [0.05, 0.1) is 24.5 Å². The average Bonchev–Trinajstić information content (AvgIpc) is 2.93. The highest BCUT2D eigenvalue weighted by Gasteiger charge is 2.23. The summed E-state index contributed by atoms with van der Waals surface area (Å²) in [6.07, 6.45) is 7.19. The van der Waals surface area contributed by atoms with Crippen molar-refractivity contribution in [2.75, 3.05) is 6.61 Å². The molecule has 1 atom stereocenters. The number of hydrogen-bond acceptors (Lipinski definition) is 4. The zero-order valence-corrected chi connectivity index (χ0v) is 11.1. The monoisotopic (exact) mass is 258 g/mol. The molecule has 0 N–H and O–H groups in total. The highest BCUT2D eigenvalue weighted by atomic mass is 16.5. The van der Waals surface area contributed by atoms with Crippen molar-refractivity contribution >= 4 is 0 Å². The van der Waals surface area contributed by atoms with E-state index in [1.807, 2.05) is 30.1 Å². The second-order valence-electron chi connectivity index (χ2n) is 4.78. The standard InChI is InChI=1S/C14H18N4O/c1-2-19-10-12-9-18(17-16-12)13-7-3-5-11-6-4-8-15-14(11)13/h4,6,8-9,13H,2-3,5,7,10H2,1H3/t13-/m0/s1. The molecule has 2 aromatic rings. The van der Waals surface area contributed by atoms with Crippen LogP contribution >= 0.6 is 0 Å². The Hall–Kier alpha value is -1.75. The van der Waals surface area contributed by atoms with Crippen LogP contribution in [0.25, 0.3) is 0 Å². The molecule has 2 aromatic heterocycles. The van der Waals surface area contributed by atoms with Crippen molar-refractivity contribution in [1.82, 2.24) is 20.0 Å². The van der Waals surface area contributed by atoms with E-state index in [1.54, 1.807) is 0 Å². The van der Waals surface area contributed by atoms with Crippen LogP contribution in [0.1, 0.15) is 42.8 Å². The number of aromatic nitrogens is 4. The maximum Gasteiger partial charge on any atom is 0.108 e. The van der Waals surface area contributed by atoms with Gasteiger partial charge in [0, 0.05) is 12.8 Å². The van der Waals surface area contributed by atoms with Crippen molar-refractivity contribution in [2.24, 2.45) is 0 Å². The predicted octanol–water partition coefficient (Wildman–Crippen LogP) is 2.14. The Bertz CT molecular complexity index is 552. The molecule has 3 rings (SSSR count). The van der Waals surface area contributed by atoms with Crippen LogP contribution in [0.2, 0.25) is 0 Å². The maximum atomic E-state index is 5.36. The molecule has 0 fully saturated rings. The number of fused-ring (bicyclic) bond motifs is 1. The molecule has 100 valence electrons. The summed E-state index contributed by atoms with van der Waals surface area (Å²) < 4.78 is 7.29. The van der Waals surface area contributed by atoms with Crippen molar-refractivity contribution in [1.29, 1.82) is 0 Å². The lowest BCUT2D eigenvalue weighted by molar-refractivity contribution is 0.131. The van der Waals surface area contributed by atoms with Gasteiger partial charge < -0.3 is 4.74 Å². The van der Waals surface area contributed by atoms with Crippen molar-refractivity contribution < 1.29 is 4.74 Å². The van der Waals surface area contributed by atoms with Crippen LogP contribution in [-0.2, 0) is 17.8 Å². The van der Waals surface area contributed by atoms with Crippen LogP contribution in [-0.4, -0.2) is 26.6 Å². The molecule has 0 amide bonds. The molecule has 5 heteroatoms. The molecule has 0 aromatic carbocycles. The number of pyridine rings is 1. The summed E-state index contributed by atoms with van der Waals surface area (Å²) >= 11 is 0.